The highest BCUT2D eigenvalue weighted by Crippen LogP contribution is 2.60. The zero-order valence-electron chi connectivity index (χ0n) is 20.4. The standard InChI is InChI=1S/C29H33N3O2S/c1-19-11-24(20(2)32(19)27-7-9-28(10-8-27)35(30,33)34)18-31-26-5-3-25(4-6-26)29-15-21-12-22(16-29)14-23(13-21)17-29/h3-11,18,21-23H,12-17H2,1-2H3,(H2,30,33,34). The van der Waals surface area contributed by atoms with Gasteiger partial charge in [-0.15, -0.1) is 0 Å². The SMILES string of the molecule is Cc1cc(C=Nc2ccc(C34CC5CC(CC(C5)C3)C4)cc2)c(C)n1-c1ccc(S(N)(=O)=O)cc1. The highest BCUT2D eigenvalue weighted by Gasteiger charge is 2.51. The van der Waals surface area contributed by atoms with E-state index in [1.807, 2.05) is 13.1 Å². The molecule has 0 amide bonds. The van der Waals surface area contributed by atoms with Crippen LogP contribution in [0.4, 0.5) is 5.69 Å². The molecule has 3 aromatic rings. The molecule has 182 valence electrons. The van der Waals surface area contributed by atoms with Crippen LogP contribution in [0.15, 0.2) is 64.5 Å². The van der Waals surface area contributed by atoms with Gasteiger partial charge in [-0.2, -0.15) is 0 Å². The molecule has 35 heavy (non-hydrogen) atoms. The summed E-state index contributed by atoms with van der Waals surface area (Å²) in [4.78, 5) is 4.90. The van der Waals surface area contributed by atoms with Crippen LogP contribution in [0.5, 0.6) is 0 Å². The molecule has 0 saturated heterocycles. The molecule has 4 fully saturated rings. The van der Waals surface area contributed by atoms with E-state index in [-0.39, 0.29) is 4.90 Å². The van der Waals surface area contributed by atoms with E-state index in [4.69, 9.17) is 10.1 Å². The largest absolute Gasteiger partial charge is 0.318 e. The van der Waals surface area contributed by atoms with Gasteiger partial charge in [-0.25, -0.2) is 13.6 Å². The predicted octanol–water partition coefficient (Wildman–Crippen LogP) is 5.96. The van der Waals surface area contributed by atoms with Gasteiger partial charge in [0.15, 0.2) is 0 Å². The molecule has 5 nitrogen and oxygen atoms in total. The van der Waals surface area contributed by atoms with Gasteiger partial charge in [-0.3, -0.25) is 4.99 Å². The Labute approximate surface area is 208 Å². The van der Waals surface area contributed by atoms with Crippen LogP contribution in [0.2, 0.25) is 0 Å². The van der Waals surface area contributed by atoms with Gasteiger partial charge in [0.05, 0.1) is 10.6 Å². The molecular weight excluding hydrogens is 454 g/mol. The molecule has 2 aromatic carbocycles. The van der Waals surface area contributed by atoms with Gasteiger partial charge in [0, 0.05) is 28.9 Å². The molecule has 1 aromatic heterocycles. The number of nitrogens with zero attached hydrogens (tertiary/aromatic N) is 2. The second kappa shape index (κ2) is 8.17. The van der Waals surface area contributed by atoms with Crippen LogP contribution in [-0.2, 0) is 15.4 Å². The Morgan fingerprint density at radius 2 is 1.49 bits per heavy atom. The molecule has 4 aliphatic carbocycles. The maximum Gasteiger partial charge on any atom is 0.238 e. The molecule has 0 atom stereocenters. The second-order valence-electron chi connectivity index (χ2n) is 11.2. The molecule has 0 aliphatic heterocycles. The first-order valence-corrected chi connectivity index (χ1v) is 14.2. The first kappa shape index (κ1) is 22.7. The van der Waals surface area contributed by atoms with Crippen molar-refractivity contribution in [1.82, 2.24) is 4.57 Å². The fourth-order valence-corrected chi connectivity index (χ4v) is 8.13. The number of aryl methyl sites for hydroxylation is 1. The van der Waals surface area contributed by atoms with Crippen molar-refractivity contribution in [3.05, 3.63) is 77.1 Å². The van der Waals surface area contributed by atoms with Crippen LogP contribution in [0.1, 0.15) is 61.0 Å². The van der Waals surface area contributed by atoms with Gasteiger partial charge >= 0.3 is 0 Å². The third-order valence-corrected chi connectivity index (χ3v) is 9.69. The summed E-state index contributed by atoms with van der Waals surface area (Å²) in [6, 6.07) is 17.8. The Morgan fingerprint density at radius 1 is 0.914 bits per heavy atom. The average Bonchev–Trinajstić information content (AvgIpc) is 3.09. The molecule has 7 rings (SSSR count). The van der Waals surface area contributed by atoms with Crippen molar-refractivity contribution in [2.45, 2.75) is 62.7 Å². The van der Waals surface area contributed by atoms with E-state index in [1.165, 1.54) is 44.1 Å². The summed E-state index contributed by atoms with van der Waals surface area (Å²) in [5, 5.41) is 5.24. The van der Waals surface area contributed by atoms with E-state index in [0.717, 1.165) is 46.1 Å². The Hall–Kier alpha value is -2.70. The smallest absolute Gasteiger partial charge is 0.238 e. The van der Waals surface area contributed by atoms with Crippen molar-refractivity contribution in [1.29, 1.82) is 0 Å². The van der Waals surface area contributed by atoms with Crippen LogP contribution in [0.25, 0.3) is 5.69 Å². The maximum absolute atomic E-state index is 11.6. The summed E-state index contributed by atoms with van der Waals surface area (Å²) in [6.07, 6.45) is 10.5. The van der Waals surface area contributed by atoms with Crippen molar-refractivity contribution in [2.75, 3.05) is 0 Å². The molecule has 4 bridgehead atoms. The first-order valence-electron chi connectivity index (χ1n) is 12.7. The number of rotatable bonds is 5. The number of aromatic nitrogens is 1. The predicted molar refractivity (Wildman–Crippen MR) is 140 cm³/mol. The Bertz CT molecular complexity index is 1360. The molecule has 1 heterocycles. The number of aliphatic imine (C=N–C) groups is 1. The lowest BCUT2D eigenvalue weighted by atomic mass is 9.48. The average molecular weight is 488 g/mol. The molecule has 0 spiro atoms. The van der Waals surface area contributed by atoms with Crippen molar-refractivity contribution >= 4 is 21.9 Å². The first-order chi connectivity index (χ1) is 16.7. The summed E-state index contributed by atoms with van der Waals surface area (Å²) < 4.78 is 25.2. The van der Waals surface area contributed by atoms with Crippen LogP contribution >= 0.6 is 0 Å². The zero-order chi connectivity index (χ0) is 24.4. The fraction of sp³-hybridized carbons (Fsp3) is 0.414. The van der Waals surface area contributed by atoms with Crippen LogP contribution in [0.3, 0.4) is 0 Å². The summed E-state index contributed by atoms with van der Waals surface area (Å²) in [5.74, 6) is 2.85. The number of hydrogen-bond acceptors (Lipinski definition) is 3. The highest BCUT2D eigenvalue weighted by molar-refractivity contribution is 7.89. The minimum Gasteiger partial charge on any atom is -0.318 e. The van der Waals surface area contributed by atoms with Crippen molar-refractivity contribution in [2.24, 2.45) is 27.9 Å². The molecular formula is C29H33N3O2S. The molecule has 6 heteroatoms. The highest BCUT2D eigenvalue weighted by atomic mass is 32.2. The normalized spacial score (nSPS) is 27.7. The third kappa shape index (κ3) is 4.07. The van der Waals surface area contributed by atoms with Gasteiger partial charge in [0.25, 0.3) is 0 Å². The molecule has 0 radical (unpaired) electrons. The molecule has 4 saturated carbocycles. The van der Waals surface area contributed by atoms with Gasteiger partial charge in [-0.05, 0) is 124 Å². The van der Waals surface area contributed by atoms with E-state index < -0.39 is 10.0 Å². The number of sulfonamides is 1. The van der Waals surface area contributed by atoms with Gasteiger partial charge in [0.1, 0.15) is 0 Å². The molecule has 2 N–H and O–H groups in total. The Kier molecular flexibility index (Phi) is 5.31. The van der Waals surface area contributed by atoms with Crippen LogP contribution in [-0.4, -0.2) is 19.2 Å². The lowest BCUT2D eigenvalue weighted by Crippen LogP contribution is -2.48. The van der Waals surface area contributed by atoms with E-state index in [1.54, 1.807) is 24.3 Å². The minimum atomic E-state index is -3.70. The maximum atomic E-state index is 11.6. The topological polar surface area (TPSA) is 77.5 Å². The number of benzene rings is 2. The summed E-state index contributed by atoms with van der Waals surface area (Å²) in [5.41, 5.74) is 6.97. The number of hydrogen-bond donors (Lipinski definition) is 1. The summed E-state index contributed by atoms with van der Waals surface area (Å²) >= 11 is 0. The van der Waals surface area contributed by atoms with E-state index in [0.29, 0.717) is 5.41 Å². The van der Waals surface area contributed by atoms with Crippen LogP contribution in [0, 0.1) is 31.6 Å². The molecule has 4 aliphatic rings. The molecule has 0 unspecified atom stereocenters. The van der Waals surface area contributed by atoms with Crippen LogP contribution < -0.4 is 5.14 Å². The Morgan fingerprint density at radius 3 is 2.03 bits per heavy atom. The fourth-order valence-electron chi connectivity index (χ4n) is 7.61. The van der Waals surface area contributed by atoms with Gasteiger partial charge in [-0.1, -0.05) is 12.1 Å². The summed E-state index contributed by atoms with van der Waals surface area (Å²) in [7, 11) is -3.70. The van der Waals surface area contributed by atoms with E-state index in [9.17, 15) is 8.42 Å². The van der Waals surface area contributed by atoms with Crippen molar-refractivity contribution in [3.63, 3.8) is 0 Å². The minimum absolute atomic E-state index is 0.113. The number of nitrogens with two attached hydrogens (primary N) is 1. The van der Waals surface area contributed by atoms with Crippen molar-refractivity contribution in [3.8, 4) is 5.69 Å². The monoisotopic (exact) mass is 487 g/mol. The van der Waals surface area contributed by atoms with Gasteiger partial charge in [0.2, 0.25) is 10.0 Å². The van der Waals surface area contributed by atoms with Crippen molar-refractivity contribution < 1.29 is 8.42 Å². The summed E-state index contributed by atoms with van der Waals surface area (Å²) in [6.45, 7) is 4.09. The Balaban J connectivity index is 1.22. The third-order valence-electron chi connectivity index (χ3n) is 8.76. The quantitative estimate of drug-likeness (QED) is 0.451. The van der Waals surface area contributed by atoms with Gasteiger partial charge < -0.3 is 4.57 Å². The van der Waals surface area contributed by atoms with E-state index in [2.05, 4.69) is 41.8 Å². The van der Waals surface area contributed by atoms with E-state index >= 15 is 0 Å². The second-order valence-corrected chi connectivity index (χ2v) is 12.8. The lowest BCUT2D eigenvalue weighted by molar-refractivity contribution is -0.00518. The lowest BCUT2D eigenvalue weighted by Gasteiger charge is -2.57. The zero-order valence-corrected chi connectivity index (χ0v) is 21.3. The number of primary sulfonamides is 1.